The van der Waals surface area contributed by atoms with Gasteiger partial charge in [-0.05, 0) is 12.1 Å². The van der Waals surface area contributed by atoms with Crippen LogP contribution in [0.1, 0.15) is 6.42 Å². The zero-order chi connectivity index (χ0) is 14.3. The van der Waals surface area contributed by atoms with Crippen LogP contribution in [0.5, 0.6) is 11.5 Å². The van der Waals surface area contributed by atoms with E-state index >= 15 is 0 Å². The first-order valence-electron chi connectivity index (χ1n) is 5.75. The summed E-state index contributed by atoms with van der Waals surface area (Å²) in [6.07, 6.45) is 0.126. The van der Waals surface area contributed by atoms with Gasteiger partial charge >= 0.3 is 5.97 Å². The summed E-state index contributed by atoms with van der Waals surface area (Å²) >= 11 is 0. The van der Waals surface area contributed by atoms with Crippen molar-refractivity contribution in [1.82, 2.24) is 4.90 Å². The third-order valence-corrected chi connectivity index (χ3v) is 2.42. The van der Waals surface area contributed by atoms with E-state index in [1.54, 1.807) is 31.4 Å². The van der Waals surface area contributed by atoms with Gasteiger partial charge in [-0.25, -0.2) is 0 Å². The Hall–Kier alpha value is -2.24. The van der Waals surface area contributed by atoms with Crippen LogP contribution in [0, 0.1) is 0 Å². The van der Waals surface area contributed by atoms with E-state index in [2.05, 4.69) is 0 Å². The smallest absolute Gasteiger partial charge is 0.323 e. The van der Waals surface area contributed by atoms with Gasteiger partial charge in [-0.15, -0.1) is 0 Å². The number of nitrogens with zero attached hydrogens (tertiary/aromatic N) is 1. The van der Waals surface area contributed by atoms with E-state index in [1.807, 2.05) is 0 Å². The molecule has 0 aromatic heterocycles. The SMILES string of the molecule is COc1cccc(OCCC(=O)N(C)CC(=O)O)c1. The Morgan fingerprint density at radius 1 is 1.32 bits per heavy atom. The molecule has 6 heteroatoms. The normalized spacial score (nSPS) is 9.79. The molecule has 19 heavy (non-hydrogen) atoms. The van der Waals surface area contributed by atoms with Crippen LogP contribution in [0.2, 0.25) is 0 Å². The van der Waals surface area contributed by atoms with Gasteiger partial charge in [0.2, 0.25) is 5.91 Å². The number of likely N-dealkylation sites (N-methyl/N-ethyl adjacent to an activating group) is 1. The Kier molecular flexibility index (Phi) is 5.66. The van der Waals surface area contributed by atoms with Gasteiger partial charge in [0.1, 0.15) is 18.0 Å². The van der Waals surface area contributed by atoms with Crippen molar-refractivity contribution >= 4 is 11.9 Å². The molecule has 1 aromatic rings. The largest absolute Gasteiger partial charge is 0.497 e. The molecule has 0 aliphatic carbocycles. The molecule has 0 aliphatic rings. The van der Waals surface area contributed by atoms with Crippen molar-refractivity contribution in [2.24, 2.45) is 0 Å². The molecule has 1 amide bonds. The molecule has 1 aromatic carbocycles. The van der Waals surface area contributed by atoms with Gasteiger partial charge in [-0.3, -0.25) is 9.59 Å². The number of hydrogen-bond donors (Lipinski definition) is 1. The van der Waals surface area contributed by atoms with Gasteiger partial charge in [-0.2, -0.15) is 0 Å². The molecule has 0 saturated heterocycles. The van der Waals surface area contributed by atoms with E-state index in [4.69, 9.17) is 14.6 Å². The second-order valence-corrected chi connectivity index (χ2v) is 3.92. The second kappa shape index (κ2) is 7.25. The predicted octanol–water partition coefficient (Wildman–Crippen LogP) is 1.01. The number of aliphatic carboxylic acids is 1. The number of ether oxygens (including phenoxy) is 2. The lowest BCUT2D eigenvalue weighted by molar-refractivity contribution is -0.143. The Bertz CT molecular complexity index is 446. The van der Waals surface area contributed by atoms with Crippen molar-refractivity contribution in [1.29, 1.82) is 0 Å². The Labute approximate surface area is 111 Å². The highest BCUT2D eigenvalue weighted by atomic mass is 16.5. The first kappa shape index (κ1) is 14.8. The summed E-state index contributed by atoms with van der Waals surface area (Å²) in [5.41, 5.74) is 0. The molecule has 0 aliphatic heterocycles. The van der Waals surface area contributed by atoms with Gasteiger partial charge < -0.3 is 19.5 Å². The fourth-order valence-electron chi connectivity index (χ4n) is 1.43. The maximum Gasteiger partial charge on any atom is 0.323 e. The number of amides is 1. The molecule has 0 radical (unpaired) electrons. The molecule has 104 valence electrons. The first-order valence-corrected chi connectivity index (χ1v) is 5.75. The maximum atomic E-state index is 11.5. The molecular weight excluding hydrogens is 250 g/mol. The predicted molar refractivity (Wildman–Crippen MR) is 68.4 cm³/mol. The first-order chi connectivity index (χ1) is 9.02. The highest BCUT2D eigenvalue weighted by Gasteiger charge is 2.11. The molecular formula is C13H17NO5. The number of carboxylic acids is 1. The zero-order valence-electron chi connectivity index (χ0n) is 11.0. The molecule has 0 bridgehead atoms. The monoisotopic (exact) mass is 267 g/mol. The standard InChI is InChI=1S/C13H17NO5/c1-14(9-13(16)17)12(15)6-7-19-11-5-3-4-10(8-11)18-2/h3-5,8H,6-7,9H2,1-2H3,(H,16,17). The van der Waals surface area contributed by atoms with Crippen molar-refractivity contribution in [3.8, 4) is 11.5 Å². The summed E-state index contributed by atoms with van der Waals surface area (Å²) in [6, 6.07) is 7.05. The molecule has 0 atom stereocenters. The van der Waals surface area contributed by atoms with Crippen molar-refractivity contribution in [3.63, 3.8) is 0 Å². The average Bonchev–Trinajstić information content (AvgIpc) is 2.38. The van der Waals surface area contributed by atoms with E-state index < -0.39 is 5.97 Å². The van der Waals surface area contributed by atoms with Crippen molar-refractivity contribution in [2.45, 2.75) is 6.42 Å². The lowest BCUT2D eigenvalue weighted by Crippen LogP contribution is -2.32. The van der Waals surface area contributed by atoms with Crippen LogP contribution in [-0.2, 0) is 9.59 Å². The Balaban J connectivity index is 2.37. The van der Waals surface area contributed by atoms with Crippen molar-refractivity contribution in [3.05, 3.63) is 24.3 Å². The van der Waals surface area contributed by atoms with Crippen molar-refractivity contribution < 1.29 is 24.2 Å². The van der Waals surface area contributed by atoms with Crippen LogP contribution in [0.25, 0.3) is 0 Å². The van der Waals surface area contributed by atoms with Gasteiger partial charge in [0.25, 0.3) is 0 Å². The topological polar surface area (TPSA) is 76.1 Å². The number of carboxylic acid groups (broad SMARTS) is 1. The Morgan fingerprint density at radius 2 is 2.00 bits per heavy atom. The summed E-state index contributed by atoms with van der Waals surface area (Å²) in [5, 5.41) is 8.55. The number of benzene rings is 1. The molecule has 0 heterocycles. The quantitative estimate of drug-likeness (QED) is 0.797. The van der Waals surface area contributed by atoms with Crippen LogP contribution in [-0.4, -0.2) is 49.2 Å². The number of carbonyl (C=O) groups excluding carboxylic acids is 1. The van der Waals surface area contributed by atoms with Gasteiger partial charge in [0.05, 0.1) is 20.1 Å². The summed E-state index contributed by atoms with van der Waals surface area (Å²) in [4.78, 5) is 23.1. The highest BCUT2D eigenvalue weighted by Crippen LogP contribution is 2.18. The van der Waals surface area contributed by atoms with Crippen molar-refractivity contribution in [2.75, 3.05) is 27.3 Å². The number of carbonyl (C=O) groups is 2. The fraction of sp³-hybridized carbons (Fsp3) is 0.385. The molecule has 0 fully saturated rings. The van der Waals surface area contributed by atoms with E-state index in [0.717, 1.165) is 4.90 Å². The lowest BCUT2D eigenvalue weighted by Gasteiger charge is -2.14. The molecule has 0 saturated carbocycles. The zero-order valence-corrected chi connectivity index (χ0v) is 11.0. The van der Waals surface area contributed by atoms with Crippen LogP contribution < -0.4 is 9.47 Å². The van der Waals surface area contributed by atoms with Crippen LogP contribution in [0.3, 0.4) is 0 Å². The highest BCUT2D eigenvalue weighted by molar-refractivity contribution is 5.81. The fourth-order valence-corrected chi connectivity index (χ4v) is 1.43. The van der Waals surface area contributed by atoms with Gasteiger partial charge in [0.15, 0.2) is 0 Å². The molecule has 0 unspecified atom stereocenters. The molecule has 1 N–H and O–H groups in total. The minimum atomic E-state index is -1.04. The number of rotatable bonds is 7. The van der Waals surface area contributed by atoms with E-state index in [1.165, 1.54) is 7.05 Å². The summed E-state index contributed by atoms with van der Waals surface area (Å²) in [6.45, 7) is -0.117. The minimum Gasteiger partial charge on any atom is -0.497 e. The van der Waals surface area contributed by atoms with E-state index in [0.29, 0.717) is 11.5 Å². The average molecular weight is 267 g/mol. The molecule has 0 spiro atoms. The van der Waals surface area contributed by atoms with E-state index in [9.17, 15) is 9.59 Å². The third kappa shape index (κ3) is 5.29. The second-order valence-electron chi connectivity index (χ2n) is 3.92. The molecule has 1 rings (SSSR count). The summed E-state index contributed by atoms with van der Waals surface area (Å²) in [7, 11) is 3.01. The van der Waals surface area contributed by atoms with Crippen LogP contribution in [0.15, 0.2) is 24.3 Å². The van der Waals surface area contributed by atoms with Crippen LogP contribution in [0.4, 0.5) is 0 Å². The number of methoxy groups -OCH3 is 1. The molecule has 6 nitrogen and oxygen atoms in total. The summed E-state index contributed by atoms with van der Waals surface area (Å²) < 4.78 is 10.4. The summed E-state index contributed by atoms with van der Waals surface area (Å²) in [5.74, 6) is -0.0327. The lowest BCUT2D eigenvalue weighted by atomic mass is 10.3. The number of hydrogen-bond acceptors (Lipinski definition) is 4. The van der Waals surface area contributed by atoms with E-state index in [-0.39, 0.29) is 25.5 Å². The van der Waals surface area contributed by atoms with Gasteiger partial charge in [-0.1, -0.05) is 6.07 Å². The third-order valence-electron chi connectivity index (χ3n) is 2.42. The van der Waals surface area contributed by atoms with Gasteiger partial charge in [0, 0.05) is 13.1 Å². The van der Waals surface area contributed by atoms with Crippen LogP contribution >= 0.6 is 0 Å². The maximum absolute atomic E-state index is 11.5. The minimum absolute atomic E-state index is 0.126. The Morgan fingerprint density at radius 3 is 2.63 bits per heavy atom.